The molecule has 2 aromatic carbocycles. The second-order valence-electron chi connectivity index (χ2n) is 5.95. The third kappa shape index (κ3) is 3.98. The summed E-state index contributed by atoms with van der Waals surface area (Å²) in [5.41, 5.74) is 3.47. The second kappa shape index (κ2) is 7.87. The molecule has 144 valence electrons. The molecule has 2 N–H and O–H groups in total. The van der Waals surface area contributed by atoms with E-state index in [2.05, 4.69) is 15.8 Å². The zero-order valence-electron chi connectivity index (χ0n) is 14.8. The molecule has 4 rings (SSSR count). The van der Waals surface area contributed by atoms with Crippen molar-refractivity contribution in [2.45, 2.75) is 0 Å². The van der Waals surface area contributed by atoms with E-state index >= 15 is 0 Å². The lowest BCUT2D eigenvalue weighted by Crippen LogP contribution is -2.35. The molecule has 0 unspecified atom stereocenters. The van der Waals surface area contributed by atoms with Crippen molar-refractivity contribution in [1.82, 2.24) is 10.7 Å². The standard InChI is InChI=1S/C19H17N3O6/c23-18(22-21-9-12-1-3-15-16(7-12)28-11-27-15)10-20-19(24)13-2-4-14-17(8-13)26-6-5-25-14/h1-4,7-9H,5-6,10-11H2,(H,20,24)(H,22,23). The van der Waals surface area contributed by atoms with Gasteiger partial charge in [-0.1, -0.05) is 0 Å². The molecule has 28 heavy (non-hydrogen) atoms. The van der Waals surface area contributed by atoms with Gasteiger partial charge in [-0.05, 0) is 42.0 Å². The molecule has 0 radical (unpaired) electrons. The van der Waals surface area contributed by atoms with Crippen LogP contribution in [0.4, 0.5) is 0 Å². The average molecular weight is 383 g/mol. The first-order valence-electron chi connectivity index (χ1n) is 8.58. The molecule has 0 bridgehead atoms. The number of carbonyl (C=O) groups is 2. The van der Waals surface area contributed by atoms with E-state index in [4.69, 9.17) is 18.9 Å². The van der Waals surface area contributed by atoms with Gasteiger partial charge in [-0.3, -0.25) is 9.59 Å². The Bertz CT molecular complexity index is 943. The highest BCUT2D eigenvalue weighted by atomic mass is 16.7. The SMILES string of the molecule is O=C(CNC(=O)c1ccc2c(c1)OCCO2)NN=Cc1ccc2c(c1)OCO2. The van der Waals surface area contributed by atoms with Crippen LogP contribution in [0.15, 0.2) is 41.5 Å². The lowest BCUT2D eigenvalue weighted by molar-refractivity contribution is -0.120. The Morgan fingerprint density at radius 3 is 2.54 bits per heavy atom. The first-order chi connectivity index (χ1) is 13.7. The molecule has 0 aliphatic carbocycles. The minimum atomic E-state index is -0.456. The maximum atomic E-state index is 12.2. The molecule has 0 fully saturated rings. The van der Waals surface area contributed by atoms with Crippen molar-refractivity contribution in [3.63, 3.8) is 0 Å². The molecule has 2 aliphatic rings. The summed E-state index contributed by atoms with van der Waals surface area (Å²) in [6, 6.07) is 10.2. The lowest BCUT2D eigenvalue weighted by Gasteiger charge is -2.18. The predicted octanol–water partition coefficient (Wildman–Crippen LogP) is 1.07. The average Bonchev–Trinajstić information content (AvgIpc) is 3.19. The fraction of sp³-hybridized carbons (Fsp3) is 0.211. The number of nitrogens with one attached hydrogen (secondary N) is 2. The van der Waals surface area contributed by atoms with Crippen LogP contribution in [0, 0.1) is 0 Å². The minimum absolute atomic E-state index is 0.190. The highest BCUT2D eigenvalue weighted by molar-refractivity contribution is 5.97. The van der Waals surface area contributed by atoms with Crippen molar-refractivity contribution < 1.29 is 28.5 Å². The van der Waals surface area contributed by atoms with E-state index in [1.807, 2.05) is 0 Å². The van der Waals surface area contributed by atoms with Crippen molar-refractivity contribution in [2.24, 2.45) is 5.10 Å². The number of hydrazone groups is 1. The van der Waals surface area contributed by atoms with E-state index in [-0.39, 0.29) is 13.3 Å². The van der Waals surface area contributed by atoms with E-state index in [0.29, 0.717) is 41.8 Å². The summed E-state index contributed by atoms with van der Waals surface area (Å²) < 4.78 is 21.4. The summed E-state index contributed by atoms with van der Waals surface area (Å²) in [6.07, 6.45) is 1.47. The van der Waals surface area contributed by atoms with E-state index < -0.39 is 11.8 Å². The summed E-state index contributed by atoms with van der Waals surface area (Å²) in [5.74, 6) is 1.55. The van der Waals surface area contributed by atoms with Gasteiger partial charge in [0.05, 0.1) is 12.8 Å². The van der Waals surface area contributed by atoms with Crippen LogP contribution in [0.2, 0.25) is 0 Å². The lowest BCUT2D eigenvalue weighted by atomic mass is 10.2. The quantitative estimate of drug-likeness (QED) is 0.591. The molecular formula is C19H17N3O6. The summed E-state index contributed by atoms with van der Waals surface area (Å²) in [5, 5.41) is 6.40. The van der Waals surface area contributed by atoms with Crippen LogP contribution < -0.4 is 29.7 Å². The van der Waals surface area contributed by atoms with Crippen LogP contribution in [0.5, 0.6) is 23.0 Å². The van der Waals surface area contributed by atoms with Gasteiger partial charge in [-0.15, -0.1) is 0 Å². The Hall–Kier alpha value is -3.75. The Labute approximate surface area is 160 Å². The normalized spacial score (nSPS) is 14.0. The van der Waals surface area contributed by atoms with Crippen molar-refractivity contribution in [1.29, 1.82) is 0 Å². The third-order valence-corrected chi connectivity index (χ3v) is 4.01. The Kier molecular flexibility index (Phi) is 4.96. The zero-order valence-corrected chi connectivity index (χ0v) is 14.8. The topological polar surface area (TPSA) is 107 Å². The van der Waals surface area contributed by atoms with Gasteiger partial charge < -0.3 is 24.3 Å². The molecule has 2 heterocycles. The van der Waals surface area contributed by atoms with Gasteiger partial charge in [0.1, 0.15) is 13.2 Å². The second-order valence-corrected chi connectivity index (χ2v) is 5.95. The number of hydrogen-bond donors (Lipinski definition) is 2. The largest absolute Gasteiger partial charge is 0.486 e. The number of rotatable bonds is 5. The molecule has 0 atom stereocenters. The molecule has 0 aromatic heterocycles. The predicted molar refractivity (Wildman–Crippen MR) is 98.1 cm³/mol. The molecule has 9 nitrogen and oxygen atoms in total. The Morgan fingerprint density at radius 2 is 1.64 bits per heavy atom. The molecule has 0 spiro atoms. The van der Waals surface area contributed by atoms with E-state index in [0.717, 1.165) is 5.56 Å². The van der Waals surface area contributed by atoms with Gasteiger partial charge in [-0.2, -0.15) is 5.10 Å². The van der Waals surface area contributed by atoms with Crippen molar-refractivity contribution >= 4 is 18.0 Å². The fourth-order valence-corrected chi connectivity index (χ4v) is 2.66. The molecule has 2 aromatic rings. The summed E-state index contributed by atoms with van der Waals surface area (Å²) in [6.45, 7) is 0.884. The maximum absolute atomic E-state index is 12.2. The molecular weight excluding hydrogens is 366 g/mol. The van der Waals surface area contributed by atoms with Gasteiger partial charge in [0.2, 0.25) is 6.79 Å². The molecule has 0 saturated carbocycles. The Balaban J connectivity index is 1.26. The van der Waals surface area contributed by atoms with Crippen molar-refractivity contribution in [3.8, 4) is 23.0 Å². The molecule has 9 heteroatoms. The van der Waals surface area contributed by atoms with Crippen LogP contribution in [0.1, 0.15) is 15.9 Å². The maximum Gasteiger partial charge on any atom is 0.259 e. The van der Waals surface area contributed by atoms with Crippen LogP contribution in [0.25, 0.3) is 0 Å². The van der Waals surface area contributed by atoms with Crippen molar-refractivity contribution in [3.05, 3.63) is 47.5 Å². The molecule has 0 saturated heterocycles. The first-order valence-corrected chi connectivity index (χ1v) is 8.58. The van der Waals surface area contributed by atoms with Crippen LogP contribution in [0.3, 0.4) is 0 Å². The van der Waals surface area contributed by atoms with Crippen LogP contribution in [-0.4, -0.2) is 44.6 Å². The van der Waals surface area contributed by atoms with Crippen molar-refractivity contribution in [2.75, 3.05) is 26.6 Å². The van der Waals surface area contributed by atoms with Gasteiger partial charge in [-0.25, -0.2) is 5.43 Å². The first kappa shape index (κ1) is 17.7. The van der Waals surface area contributed by atoms with E-state index in [1.54, 1.807) is 36.4 Å². The number of amides is 2. The van der Waals surface area contributed by atoms with E-state index in [1.165, 1.54) is 6.21 Å². The smallest absolute Gasteiger partial charge is 0.259 e. The van der Waals surface area contributed by atoms with Gasteiger partial charge in [0.15, 0.2) is 23.0 Å². The van der Waals surface area contributed by atoms with Gasteiger partial charge >= 0.3 is 0 Å². The van der Waals surface area contributed by atoms with Gasteiger partial charge in [0.25, 0.3) is 11.8 Å². The third-order valence-electron chi connectivity index (χ3n) is 4.01. The number of carbonyl (C=O) groups excluding carboxylic acids is 2. The van der Waals surface area contributed by atoms with Crippen LogP contribution in [-0.2, 0) is 4.79 Å². The minimum Gasteiger partial charge on any atom is -0.486 e. The zero-order chi connectivity index (χ0) is 19.3. The Morgan fingerprint density at radius 1 is 0.929 bits per heavy atom. The highest BCUT2D eigenvalue weighted by Gasteiger charge is 2.15. The van der Waals surface area contributed by atoms with Crippen LogP contribution >= 0.6 is 0 Å². The number of ether oxygens (including phenoxy) is 4. The van der Waals surface area contributed by atoms with Gasteiger partial charge in [0, 0.05) is 5.56 Å². The monoisotopic (exact) mass is 383 g/mol. The number of hydrogen-bond acceptors (Lipinski definition) is 7. The molecule has 2 aliphatic heterocycles. The highest BCUT2D eigenvalue weighted by Crippen LogP contribution is 2.32. The number of benzene rings is 2. The number of nitrogens with zero attached hydrogens (tertiary/aromatic N) is 1. The number of fused-ring (bicyclic) bond motifs is 2. The summed E-state index contributed by atoms with van der Waals surface area (Å²) >= 11 is 0. The fourth-order valence-electron chi connectivity index (χ4n) is 2.66. The van der Waals surface area contributed by atoms with E-state index in [9.17, 15) is 9.59 Å². The summed E-state index contributed by atoms with van der Waals surface area (Å²) in [7, 11) is 0. The molecule has 2 amide bonds. The summed E-state index contributed by atoms with van der Waals surface area (Å²) in [4.78, 5) is 24.0.